The van der Waals surface area contributed by atoms with E-state index in [1.807, 2.05) is 0 Å². The fraction of sp³-hybridized carbons (Fsp3) is 0.513. The van der Waals surface area contributed by atoms with Gasteiger partial charge in [0.2, 0.25) is 0 Å². The molecule has 1 aliphatic heterocycles. The maximum atomic E-state index is 14.2. The first-order valence-electron chi connectivity index (χ1n) is 18.0. The summed E-state index contributed by atoms with van der Waals surface area (Å²) in [7, 11) is 0. The fourth-order valence-corrected chi connectivity index (χ4v) is 6.75. The van der Waals surface area contributed by atoms with Crippen molar-refractivity contribution in [1.82, 2.24) is 9.88 Å². The minimum absolute atomic E-state index is 0.0273. The van der Waals surface area contributed by atoms with Crippen molar-refractivity contribution in [3.05, 3.63) is 76.0 Å². The van der Waals surface area contributed by atoms with Crippen molar-refractivity contribution in [1.29, 1.82) is 0 Å². The van der Waals surface area contributed by atoms with Crippen molar-refractivity contribution in [2.24, 2.45) is 0 Å². The van der Waals surface area contributed by atoms with Gasteiger partial charge in [-0.15, -0.1) is 11.3 Å². The van der Waals surface area contributed by atoms with Gasteiger partial charge in [-0.25, -0.2) is 9.37 Å². The second-order valence-electron chi connectivity index (χ2n) is 12.6. The topological polar surface area (TPSA) is 129 Å². The van der Waals surface area contributed by atoms with E-state index in [1.54, 1.807) is 23.6 Å². The number of ether oxygens (including phenoxy) is 5. The molecule has 280 valence electrons. The summed E-state index contributed by atoms with van der Waals surface area (Å²) in [5.74, 6) is 3.94. The van der Waals surface area contributed by atoms with Gasteiger partial charge in [0.05, 0.1) is 59.0 Å². The number of hydrogen-bond acceptors (Lipinski definition) is 10. The van der Waals surface area contributed by atoms with E-state index in [2.05, 4.69) is 22.1 Å². The summed E-state index contributed by atoms with van der Waals surface area (Å²) in [5.41, 5.74) is 1.64. The van der Waals surface area contributed by atoms with E-state index >= 15 is 0 Å². The van der Waals surface area contributed by atoms with Crippen molar-refractivity contribution in [2.45, 2.75) is 70.1 Å². The number of aromatic hydroxyl groups is 1. The van der Waals surface area contributed by atoms with Crippen LogP contribution >= 0.6 is 11.3 Å². The Bertz CT molecular complexity index is 1620. The number of phenols is 1. The number of benzene rings is 2. The molecule has 2 aromatic carbocycles. The SMILES string of the molecule is O=C(Nc1nccs1)C(c1cc(F)ccc1O)N1Cc2ccc(C#CCOCCOCCOCCOCCOC3CCCCCCCC3)cc2C1=O. The van der Waals surface area contributed by atoms with Gasteiger partial charge >= 0.3 is 0 Å². The summed E-state index contributed by atoms with van der Waals surface area (Å²) in [5, 5.41) is 15.2. The third kappa shape index (κ3) is 12.4. The zero-order valence-electron chi connectivity index (χ0n) is 29.5. The van der Waals surface area contributed by atoms with Gasteiger partial charge in [0.15, 0.2) is 5.13 Å². The van der Waals surface area contributed by atoms with Gasteiger partial charge in [-0.05, 0) is 48.7 Å². The molecule has 2 N–H and O–H groups in total. The third-order valence-corrected chi connectivity index (χ3v) is 9.54. The van der Waals surface area contributed by atoms with Crippen LogP contribution in [-0.4, -0.2) is 92.4 Å². The zero-order chi connectivity index (χ0) is 36.4. The highest BCUT2D eigenvalue weighted by Crippen LogP contribution is 2.36. The molecular weight excluding hydrogens is 690 g/mol. The first-order valence-corrected chi connectivity index (χ1v) is 18.9. The smallest absolute Gasteiger partial charge is 0.255 e. The van der Waals surface area contributed by atoms with Crippen LogP contribution in [0.2, 0.25) is 0 Å². The highest BCUT2D eigenvalue weighted by molar-refractivity contribution is 7.13. The average Bonchev–Trinajstić information content (AvgIpc) is 3.80. The third-order valence-electron chi connectivity index (χ3n) is 8.85. The Balaban J connectivity index is 0.962. The van der Waals surface area contributed by atoms with Gasteiger partial charge in [0, 0.05) is 34.8 Å². The molecule has 11 nitrogen and oxygen atoms in total. The number of halogens is 1. The van der Waals surface area contributed by atoms with E-state index in [-0.39, 0.29) is 24.5 Å². The van der Waals surface area contributed by atoms with Crippen molar-refractivity contribution >= 4 is 28.3 Å². The van der Waals surface area contributed by atoms with Gasteiger partial charge in [0.1, 0.15) is 24.2 Å². The maximum Gasteiger partial charge on any atom is 0.255 e. The lowest BCUT2D eigenvalue weighted by Crippen LogP contribution is -2.37. The number of amides is 2. The van der Waals surface area contributed by atoms with E-state index in [0.29, 0.717) is 80.8 Å². The summed E-state index contributed by atoms with van der Waals surface area (Å²) in [4.78, 5) is 32.4. The molecule has 5 rings (SSSR count). The van der Waals surface area contributed by atoms with E-state index in [9.17, 15) is 19.1 Å². The Morgan fingerprint density at radius 1 is 0.923 bits per heavy atom. The quantitative estimate of drug-likeness (QED) is 0.115. The minimum atomic E-state index is -1.30. The number of rotatable bonds is 18. The Labute approximate surface area is 308 Å². The normalized spacial score (nSPS) is 15.6. The monoisotopic (exact) mass is 737 g/mol. The molecule has 0 bridgehead atoms. The summed E-state index contributed by atoms with van der Waals surface area (Å²) in [6, 6.07) is 7.23. The molecule has 1 unspecified atom stereocenters. The van der Waals surface area contributed by atoms with Gasteiger partial charge in [0.25, 0.3) is 11.8 Å². The van der Waals surface area contributed by atoms with Gasteiger partial charge in [-0.2, -0.15) is 0 Å². The van der Waals surface area contributed by atoms with E-state index in [4.69, 9.17) is 23.7 Å². The van der Waals surface area contributed by atoms with Crippen LogP contribution in [0.1, 0.15) is 84.5 Å². The Morgan fingerprint density at radius 3 is 2.29 bits per heavy atom. The molecule has 1 fully saturated rings. The number of thiazole rings is 1. The van der Waals surface area contributed by atoms with Crippen molar-refractivity contribution < 1.29 is 42.8 Å². The number of fused-ring (bicyclic) bond motifs is 1. The lowest BCUT2D eigenvalue weighted by molar-refractivity contribution is -0.120. The van der Waals surface area contributed by atoms with Crippen molar-refractivity contribution in [3.63, 3.8) is 0 Å². The van der Waals surface area contributed by atoms with Crippen LogP contribution in [0.5, 0.6) is 5.75 Å². The molecule has 1 saturated carbocycles. The molecular formula is C39H48FN3O8S. The van der Waals surface area contributed by atoms with E-state index in [1.165, 1.54) is 61.0 Å². The number of nitrogens with one attached hydrogen (secondary N) is 1. The fourth-order valence-electron chi connectivity index (χ4n) is 6.22. The number of aromatic nitrogens is 1. The second-order valence-corrected chi connectivity index (χ2v) is 13.5. The molecule has 2 amide bonds. The number of phenolic OH excluding ortho intramolecular Hbond substituents is 1. The summed E-state index contributed by atoms with van der Waals surface area (Å²) in [6.45, 7) is 4.20. The molecule has 13 heteroatoms. The molecule has 2 heterocycles. The van der Waals surface area contributed by atoms with Crippen LogP contribution < -0.4 is 5.32 Å². The van der Waals surface area contributed by atoms with Gasteiger partial charge < -0.3 is 33.7 Å². The number of anilines is 1. The first-order chi connectivity index (χ1) is 25.5. The maximum absolute atomic E-state index is 14.2. The molecule has 1 atom stereocenters. The van der Waals surface area contributed by atoms with Crippen LogP contribution in [-0.2, 0) is 35.0 Å². The van der Waals surface area contributed by atoms with E-state index < -0.39 is 23.7 Å². The van der Waals surface area contributed by atoms with Crippen LogP contribution in [0.3, 0.4) is 0 Å². The lowest BCUT2D eigenvalue weighted by atomic mass is 10.0. The summed E-state index contributed by atoms with van der Waals surface area (Å²) < 4.78 is 42.6. The molecule has 1 aromatic heterocycles. The first kappa shape index (κ1) is 39.3. The summed E-state index contributed by atoms with van der Waals surface area (Å²) in [6.07, 6.45) is 12.1. The van der Waals surface area contributed by atoms with Crippen molar-refractivity contribution in [3.8, 4) is 17.6 Å². The van der Waals surface area contributed by atoms with Crippen LogP contribution in [0.4, 0.5) is 9.52 Å². The number of carbonyl (C=O) groups is 2. The molecule has 3 aromatic rings. The lowest BCUT2D eigenvalue weighted by Gasteiger charge is -2.27. The van der Waals surface area contributed by atoms with Crippen molar-refractivity contribution in [2.75, 3.05) is 64.8 Å². The summed E-state index contributed by atoms with van der Waals surface area (Å²) >= 11 is 1.20. The largest absolute Gasteiger partial charge is 0.508 e. The van der Waals surface area contributed by atoms with Crippen LogP contribution in [0.25, 0.3) is 0 Å². The Kier molecular flexibility index (Phi) is 16.3. The standard InChI is InChI=1S/C39H48FN3O8S/c40-31-13-14-35(44)34(27-31)36(37(45)42-39-41-15-25-52-39)43-28-30-12-11-29(26-33(30)38(43)46)8-7-16-47-17-18-48-19-20-49-21-22-50-23-24-51-32-9-5-3-1-2-4-6-10-32/h11-15,25-27,32,36,44H,1-6,9-10,16-24,28H2,(H,41,42,45). The molecule has 0 radical (unpaired) electrons. The molecule has 0 spiro atoms. The van der Waals surface area contributed by atoms with Gasteiger partial charge in [-0.1, -0.05) is 56.4 Å². The van der Waals surface area contributed by atoms with E-state index in [0.717, 1.165) is 31.0 Å². The Hall–Kier alpha value is -3.90. The van der Waals surface area contributed by atoms with Crippen LogP contribution in [0, 0.1) is 17.7 Å². The minimum Gasteiger partial charge on any atom is -0.508 e. The highest BCUT2D eigenvalue weighted by atomic mass is 32.1. The number of carbonyl (C=O) groups excluding carboxylic acids is 2. The molecule has 0 saturated heterocycles. The molecule has 52 heavy (non-hydrogen) atoms. The average molecular weight is 738 g/mol. The zero-order valence-corrected chi connectivity index (χ0v) is 30.3. The van der Waals surface area contributed by atoms with Gasteiger partial charge in [-0.3, -0.25) is 14.9 Å². The molecule has 1 aliphatic carbocycles. The predicted molar refractivity (Wildman–Crippen MR) is 195 cm³/mol. The van der Waals surface area contributed by atoms with Crippen LogP contribution in [0.15, 0.2) is 48.0 Å². The number of hydrogen-bond donors (Lipinski definition) is 2. The predicted octanol–water partition coefficient (Wildman–Crippen LogP) is 6.26. The highest BCUT2D eigenvalue weighted by Gasteiger charge is 2.39. The molecule has 2 aliphatic rings. The number of nitrogens with zero attached hydrogens (tertiary/aromatic N) is 2. The second kappa shape index (κ2) is 21.6. The Morgan fingerprint density at radius 2 is 1.60 bits per heavy atom.